The summed E-state index contributed by atoms with van der Waals surface area (Å²) in [5.74, 6) is -0.933. The maximum atomic E-state index is 13.1. The molecule has 27 heavy (non-hydrogen) atoms. The van der Waals surface area contributed by atoms with E-state index in [1.807, 2.05) is 0 Å². The maximum Gasteiger partial charge on any atom is 0.417 e. The lowest BCUT2D eigenvalue weighted by atomic mass is 10.1. The zero-order chi connectivity index (χ0) is 19.9. The Morgan fingerprint density at radius 3 is 2.19 bits per heavy atom. The number of carbonyl (C=O) groups is 2. The highest BCUT2D eigenvalue weighted by atomic mass is 19.4. The van der Waals surface area contributed by atoms with Crippen LogP contribution in [0.2, 0.25) is 0 Å². The van der Waals surface area contributed by atoms with Gasteiger partial charge in [0.2, 0.25) is 0 Å². The van der Waals surface area contributed by atoms with Gasteiger partial charge in [-0.05, 0) is 24.3 Å². The van der Waals surface area contributed by atoms with Crippen molar-refractivity contribution in [3.8, 4) is 0 Å². The Morgan fingerprint density at radius 1 is 0.963 bits per heavy atom. The number of anilines is 2. The van der Waals surface area contributed by atoms with Gasteiger partial charge in [0, 0.05) is 13.7 Å². The number of hydrogen-bond acceptors (Lipinski definition) is 3. The van der Waals surface area contributed by atoms with E-state index in [0.717, 1.165) is 12.1 Å². The van der Waals surface area contributed by atoms with Gasteiger partial charge in [-0.25, -0.2) is 4.79 Å². The first-order valence-electron chi connectivity index (χ1n) is 7.93. The van der Waals surface area contributed by atoms with Gasteiger partial charge in [0.1, 0.15) is 0 Å². The van der Waals surface area contributed by atoms with Gasteiger partial charge in [-0.1, -0.05) is 24.3 Å². The van der Waals surface area contributed by atoms with Crippen molar-refractivity contribution in [3.05, 3.63) is 59.7 Å². The van der Waals surface area contributed by atoms with E-state index in [2.05, 4.69) is 16.0 Å². The molecule has 0 aliphatic rings. The predicted molar refractivity (Wildman–Crippen MR) is 94.7 cm³/mol. The van der Waals surface area contributed by atoms with E-state index in [0.29, 0.717) is 6.61 Å². The average molecular weight is 381 g/mol. The van der Waals surface area contributed by atoms with Crippen molar-refractivity contribution in [1.82, 2.24) is 5.32 Å². The molecule has 6 nitrogen and oxygen atoms in total. The molecule has 3 amide bonds. The highest BCUT2D eigenvalue weighted by Gasteiger charge is 2.34. The van der Waals surface area contributed by atoms with Crippen LogP contribution in [0.1, 0.15) is 15.9 Å². The summed E-state index contributed by atoms with van der Waals surface area (Å²) in [6, 6.07) is 10.1. The smallest absolute Gasteiger partial charge is 0.383 e. The van der Waals surface area contributed by atoms with Crippen molar-refractivity contribution in [2.75, 3.05) is 30.9 Å². The van der Waals surface area contributed by atoms with Crippen LogP contribution in [0.3, 0.4) is 0 Å². The number of ether oxygens (including phenoxy) is 1. The van der Waals surface area contributed by atoms with E-state index in [9.17, 15) is 22.8 Å². The standard InChI is InChI=1S/C18H18F3N3O3/c1-27-11-10-22-17(26)24-15-9-5-4-8-14(15)23-16(25)12-6-2-3-7-13(12)18(19,20)21/h2-9H,10-11H2,1H3,(H,23,25)(H2,22,24,26). The summed E-state index contributed by atoms with van der Waals surface area (Å²) in [7, 11) is 1.49. The number of alkyl halides is 3. The Hall–Kier alpha value is -3.07. The zero-order valence-electron chi connectivity index (χ0n) is 14.4. The van der Waals surface area contributed by atoms with Crippen molar-refractivity contribution >= 4 is 23.3 Å². The van der Waals surface area contributed by atoms with Gasteiger partial charge in [0.05, 0.1) is 29.1 Å². The second kappa shape index (κ2) is 9.04. The highest BCUT2D eigenvalue weighted by molar-refractivity contribution is 6.08. The van der Waals surface area contributed by atoms with Crippen LogP contribution in [-0.4, -0.2) is 32.2 Å². The van der Waals surface area contributed by atoms with E-state index < -0.39 is 29.2 Å². The molecule has 2 aromatic rings. The zero-order valence-corrected chi connectivity index (χ0v) is 14.4. The molecule has 9 heteroatoms. The Balaban J connectivity index is 2.17. The van der Waals surface area contributed by atoms with Crippen LogP contribution in [-0.2, 0) is 10.9 Å². The van der Waals surface area contributed by atoms with Crippen LogP contribution in [0.25, 0.3) is 0 Å². The van der Waals surface area contributed by atoms with Gasteiger partial charge < -0.3 is 20.7 Å². The molecule has 2 rings (SSSR count). The monoisotopic (exact) mass is 381 g/mol. The topological polar surface area (TPSA) is 79.5 Å². The molecule has 0 heterocycles. The van der Waals surface area contributed by atoms with Gasteiger partial charge in [-0.3, -0.25) is 4.79 Å². The van der Waals surface area contributed by atoms with E-state index in [1.165, 1.54) is 31.4 Å². The Labute approximate surface area is 153 Å². The third kappa shape index (κ3) is 5.71. The fourth-order valence-corrected chi connectivity index (χ4v) is 2.25. The summed E-state index contributed by atoms with van der Waals surface area (Å²) >= 11 is 0. The third-order valence-electron chi connectivity index (χ3n) is 3.49. The molecule has 0 spiro atoms. The number of amides is 3. The minimum Gasteiger partial charge on any atom is -0.383 e. The summed E-state index contributed by atoms with van der Waals surface area (Å²) in [5.41, 5.74) is -1.14. The number of urea groups is 1. The van der Waals surface area contributed by atoms with Crippen molar-refractivity contribution in [1.29, 1.82) is 0 Å². The molecule has 0 aliphatic heterocycles. The molecule has 0 aromatic heterocycles. The first-order chi connectivity index (χ1) is 12.8. The number of hydrogen-bond donors (Lipinski definition) is 3. The van der Waals surface area contributed by atoms with Crippen molar-refractivity contribution in [2.24, 2.45) is 0 Å². The lowest BCUT2D eigenvalue weighted by Gasteiger charge is -2.15. The van der Waals surface area contributed by atoms with Crippen LogP contribution in [0, 0.1) is 0 Å². The molecule has 0 radical (unpaired) electrons. The maximum absolute atomic E-state index is 13.1. The molecule has 2 aromatic carbocycles. The highest BCUT2D eigenvalue weighted by Crippen LogP contribution is 2.32. The molecule has 0 aliphatic carbocycles. The van der Waals surface area contributed by atoms with E-state index in [1.54, 1.807) is 12.1 Å². The Morgan fingerprint density at radius 2 is 1.56 bits per heavy atom. The minimum atomic E-state index is -4.66. The molecule has 144 valence electrons. The lowest BCUT2D eigenvalue weighted by Crippen LogP contribution is -2.31. The summed E-state index contributed by atoms with van der Waals surface area (Å²) in [5, 5.41) is 7.47. The summed E-state index contributed by atoms with van der Waals surface area (Å²) in [6.45, 7) is 0.593. The molecular formula is C18H18F3N3O3. The van der Waals surface area contributed by atoms with Crippen molar-refractivity contribution in [3.63, 3.8) is 0 Å². The van der Waals surface area contributed by atoms with Crippen LogP contribution >= 0.6 is 0 Å². The van der Waals surface area contributed by atoms with Crippen molar-refractivity contribution in [2.45, 2.75) is 6.18 Å². The number of benzene rings is 2. The summed E-state index contributed by atoms with van der Waals surface area (Å²) in [6.07, 6.45) is -4.66. The molecule has 0 saturated heterocycles. The number of nitrogens with one attached hydrogen (secondary N) is 3. The molecule has 0 unspecified atom stereocenters. The Kier molecular flexibility index (Phi) is 6.78. The first-order valence-corrected chi connectivity index (χ1v) is 7.93. The fourth-order valence-electron chi connectivity index (χ4n) is 2.25. The molecule has 0 atom stereocenters. The first kappa shape index (κ1) is 20.2. The number of para-hydroxylation sites is 2. The van der Waals surface area contributed by atoms with Gasteiger partial charge in [-0.2, -0.15) is 13.2 Å². The largest absolute Gasteiger partial charge is 0.417 e. The van der Waals surface area contributed by atoms with E-state index >= 15 is 0 Å². The van der Waals surface area contributed by atoms with Gasteiger partial charge >= 0.3 is 12.2 Å². The lowest BCUT2D eigenvalue weighted by molar-refractivity contribution is -0.137. The number of rotatable bonds is 6. The van der Waals surface area contributed by atoms with Crippen molar-refractivity contribution < 1.29 is 27.5 Å². The van der Waals surface area contributed by atoms with Crippen LogP contribution < -0.4 is 16.0 Å². The quantitative estimate of drug-likeness (QED) is 0.667. The normalized spacial score (nSPS) is 11.0. The second-order valence-corrected chi connectivity index (χ2v) is 5.42. The minimum absolute atomic E-state index is 0.168. The van der Waals surface area contributed by atoms with E-state index in [4.69, 9.17) is 4.74 Å². The number of methoxy groups -OCH3 is 1. The summed E-state index contributed by atoms with van der Waals surface area (Å²) in [4.78, 5) is 24.2. The van der Waals surface area contributed by atoms with Gasteiger partial charge in [0.15, 0.2) is 0 Å². The number of halogens is 3. The van der Waals surface area contributed by atoms with Crippen LogP contribution in [0.4, 0.5) is 29.3 Å². The average Bonchev–Trinajstić information content (AvgIpc) is 2.63. The molecule has 3 N–H and O–H groups in total. The molecular weight excluding hydrogens is 363 g/mol. The predicted octanol–water partition coefficient (Wildman–Crippen LogP) is 3.73. The molecule has 0 fully saturated rings. The molecule has 0 bridgehead atoms. The van der Waals surface area contributed by atoms with Gasteiger partial charge in [-0.15, -0.1) is 0 Å². The molecule has 0 saturated carbocycles. The third-order valence-corrected chi connectivity index (χ3v) is 3.49. The SMILES string of the molecule is COCCNC(=O)Nc1ccccc1NC(=O)c1ccccc1C(F)(F)F. The number of carbonyl (C=O) groups excluding carboxylic acids is 2. The van der Waals surface area contributed by atoms with Crippen LogP contribution in [0.5, 0.6) is 0 Å². The van der Waals surface area contributed by atoms with Gasteiger partial charge in [0.25, 0.3) is 5.91 Å². The second-order valence-electron chi connectivity index (χ2n) is 5.42. The fraction of sp³-hybridized carbons (Fsp3) is 0.222. The van der Waals surface area contributed by atoms with E-state index in [-0.39, 0.29) is 17.9 Å². The van der Waals surface area contributed by atoms with Crippen LogP contribution in [0.15, 0.2) is 48.5 Å². The summed E-state index contributed by atoms with van der Waals surface area (Å²) < 4.78 is 44.1. The Bertz CT molecular complexity index is 810.